The van der Waals surface area contributed by atoms with Crippen molar-refractivity contribution in [3.8, 4) is 0 Å². The molecule has 5 aliphatic carbocycles. The molecule has 0 aromatic rings. The molecule has 564 valence electrons. The van der Waals surface area contributed by atoms with E-state index in [1.165, 1.54) is 18.2 Å². The van der Waals surface area contributed by atoms with Gasteiger partial charge in [-0.2, -0.15) is 0 Å². The van der Waals surface area contributed by atoms with E-state index in [0.717, 1.165) is 6.08 Å². The minimum absolute atomic E-state index is 0.00611. The number of carbonyl (C=O) groups is 3. The molecule has 99 heavy (non-hydrogen) atoms. The van der Waals surface area contributed by atoms with Gasteiger partial charge >= 0.3 is 17.9 Å². The van der Waals surface area contributed by atoms with Gasteiger partial charge in [0.15, 0.2) is 37.4 Å². The predicted molar refractivity (Wildman–Crippen MR) is 329 cm³/mol. The summed E-state index contributed by atoms with van der Waals surface area (Å²) in [5, 5.41) is 196. The Labute approximate surface area is 570 Å². The zero-order valence-electron chi connectivity index (χ0n) is 54.8. The number of hydrogen-bond acceptors (Lipinski definition) is 32. The number of ether oxygens (including phenoxy) is 12. The van der Waals surface area contributed by atoms with Gasteiger partial charge < -0.3 is 149 Å². The molecule has 0 radical (unpaired) electrons. The standard InChI is InChI=1S/C66H102O33/c67-24-43-50(77)54(81)58(85)64(95-43)93-41-22-34(70)21-40-35(41)23-42(61(91-40)31-9-14-36(71)37(72)20-31)94-66-62(99-65-60(87)56(83)52(79)45(97-65)26-89-48(75)17-7-29-3-12-33(69)13-4-29)57(84)53(80)46(98-66)27-90-49(76)18-8-30-5-15-39(38(73)19-30)92-63-59(86)55(82)51(78)44(96-63)25-88-47(74)16-6-28-1-10-32(68)11-2-28/h6-8,16-18,28-46,50-73,77-87H,1-5,9-15,19-27H2/p+1. The van der Waals surface area contributed by atoms with Crippen molar-refractivity contribution < 1.29 is 163 Å². The Kier molecular flexibility index (Phi) is 28.1. The van der Waals surface area contributed by atoms with E-state index in [2.05, 4.69) is 0 Å². The Balaban J connectivity index is 0.818. The fourth-order valence-electron chi connectivity index (χ4n) is 15.5. The molecule has 5 saturated carbocycles. The van der Waals surface area contributed by atoms with Crippen molar-refractivity contribution in [1.29, 1.82) is 0 Å². The second-order valence-corrected chi connectivity index (χ2v) is 28.6. The Morgan fingerprint density at radius 1 is 0.364 bits per heavy atom. The average Bonchev–Trinajstić information content (AvgIpc) is 0.762. The molecule has 0 aromatic heterocycles. The van der Waals surface area contributed by atoms with Crippen molar-refractivity contribution in [1.82, 2.24) is 0 Å². The number of fused-ring (bicyclic) bond motifs is 1. The van der Waals surface area contributed by atoms with Crippen LogP contribution in [0.15, 0.2) is 36.5 Å². The molecule has 0 bridgehead atoms. The summed E-state index contributed by atoms with van der Waals surface area (Å²) in [7, 11) is 0. The van der Waals surface area contributed by atoms with Crippen LogP contribution in [0.3, 0.4) is 0 Å². The molecule has 5 saturated heterocycles. The number of esters is 3. The molecule has 33 nitrogen and oxygen atoms in total. The first kappa shape index (κ1) is 78.1. The van der Waals surface area contributed by atoms with Crippen LogP contribution in [-0.2, 0) is 66.5 Å². The summed E-state index contributed by atoms with van der Waals surface area (Å²) in [6.07, 6.45) is -31.6. The maximum Gasteiger partial charge on any atom is 0.330 e. The first-order valence-electron chi connectivity index (χ1n) is 34.9. The van der Waals surface area contributed by atoms with Crippen LogP contribution in [0.25, 0.3) is 0 Å². The van der Waals surface area contributed by atoms with E-state index >= 15 is 0 Å². The number of rotatable bonds is 22. The molecule has 32 unspecified atom stereocenters. The molecular formula is C66H103O33+. The van der Waals surface area contributed by atoms with Crippen molar-refractivity contribution in [3.05, 3.63) is 36.5 Å². The third kappa shape index (κ3) is 19.7. The third-order valence-electron chi connectivity index (χ3n) is 21.6. The Bertz CT molecular complexity index is 2640. The lowest BCUT2D eigenvalue weighted by Gasteiger charge is -2.50. The second kappa shape index (κ2) is 35.6. The molecule has 33 heteroatoms. The van der Waals surface area contributed by atoms with Gasteiger partial charge in [0.1, 0.15) is 124 Å². The lowest BCUT2D eigenvalue weighted by atomic mass is 9.72. The molecule has 0 amide bonds. The summed E-state index contributed by atoms with van der Waals surface area (Å²) in [4.78, 5) is 39.0. The number of aliphatic hydroxyl groups excluding tert-OH is 18. The van der Waals surface area contributed by atoms with Gasteiger partial charge in [-0.3, -0.25) is 0 Å². The number of carbonyl (C=O) groups excluding carboxylic acids is 3. The lowest BCUT2D eigenvalue weighted by molar-refractivity contribution is -0.390. The van der Waals surface area contributed by atoms with Crippen molar-refractivity contribution >= 4 is 17.9 Å². The third-order valence-corrected chi connectivity index (χ3v) is 21.6. The zero-order chi connectivity index (χ0) is 71.1. The topological polar surface area (TPSA) is 530 Å². The highest BCUT2D eigenvalue weighted by atomic mass is 16.8. The highest BCUT2D eigenvalue weighted by molar-refractivity contribution is 5.82. The largest absolute Gasteiger partial charge is 0.460 e. The molecule has 0 aromatic carbocycles. The Morgan fingerprint density at radius 3 is 1.29 bits per heavy atom. The van der Waals surface area contributed by atoms with Gasteiger partial charge in [-0.1, -0.05) is 18.2 Å². The maximum atomic E-state index is 13.6. The molecule has 32 atom stereocenters. The van der Waals surface area contributed by atoms with E-state index in [9.17, 15) is 106 Å². The highest BCUT2D eigenvalue weighted by Gasteiger charge is 2.59. The Morgan fingerprint density at radius 2 is 0.798 bits per heavy atom. The fraction of sp³-hybridized carbons (Fsp3) is 0.864. The van der Waals surface area contributed by atoms with Gasteiger partial charge in [0, 0.05) is 37.0 Å². The van der Waals surface area contributed by atoms with Crippen molar-refractivity contribution in [2.24, 2.45) is 29.6 Å². The van der Waals surface area contributed by atoms with Gasteiger partial charge in [-0.25, -0.2) is 14.4 Å². The molecule has 19 N–H and O–H groups in total. The van der Waals surface area contributed by atoms with Crippen LogP contribution < -0.4 is 0 Å². The lowest BCUT2D eigenvalue weighted by Crippen LogP contribution is -2.66. The fourth-order valence-corrected chi connectivity index (χ4v) is 15.5. The van der Waals surface area contributed by atoms with Crippen LogP contribution >= 0.6 is 0 Å². The molecule has 10 rings (SSSR count). The van der Waals surface area contributed by atoms with Gasteiger partial charge in [-0.05, 0) is 114 Å². The number of allylic oxidation sites excluding steroid dienone is 3. The molecule has 10 fully saturated rings. The molecule has 5 aliphatic heterocycles. The Hall–Kier alpha value is -3.45. The normalized spacial score (nSPS) is 47.9. The zero-order valence-corrected chi connectivity index (χ0v) is 54.8. The van der Waals surface area contributed by atoms with Crippen molar-refractivity contribution in [2.45, 2.75) is 299 Å². The SMILES string of the molecule is O=C(C=CC1CCC(O)CC1)OCC1OC(OC2CCC(C=CC(=O)OCC3OC(OC4CC5C(OC6OC(CO)C(O)C(O)C6O)CC(O)CC5[OH+]C4C4CCC(O)C(O)C4)C(OC4OC(COC(=O)C=CC5CCC(O)CC5)C(O)C(O)C4O)C(O)C3O)CC2O)C(O)C(O)C1O. The number of aliphatic hydroxyl groups is 20. The van der Waals surface area contributed by atoms with Crippen LogP contribution in [0.2, 0.25) is 0 Å². The average molecular weight is 1420 g/mol. The first-order chi connectivity index (χ1) is 47.2. The molecule has 0 spiro atoms. The predicted octanol–water partition coefficient (Wildman–Crippen LogP) is -6.09. The van der Waals surface area contributed by atoms with Crippen molar-refractivity contribution in [3.63, 3.8) is 0 Å². The van der Waals surface area contributed by atoms with Crippen LogP contribution in [0.4, 0.5) is 0 Å². The molecular weight excluding hydrogens is 1320 g/mol. The van der Waals surface area contributed by atoms with Crippen LogP contribution in [-0.4, -0.2) is 331 Å². The van der Waals surface area contributed by atoms with Crippen LogP contribution in [0.1, 0.15) is 109 Å². The van der Waals surface area contributed by atoms with Crippen molar-refractivity contribution in [2.75, 3.05) is 26.4 Å². The van der Waals surface area contributed by atoms with Gasteiger partial charge in [-0.15, -0.1) is 0 Å². The first-order valence-corrected chi connectivity index (χ1v) is 34.9. The summed E-state index contributed by atoms with van der Waals surface area (Å²) in [5.74, 6) is -4.21. The highest BCUT2D eigenvalue weighted by Crippen LogP contribution is 2.45. The van der Waals surface area contributed by atoms with Gasteiger partial charge in [0.2, 0.25) is 0 Å². The molecule has 10 aliphatic rings. The number of hydrogen-bond donors (Lipinski definition) is 18. The van der Waals surface area contributed by atoms with Gasteiger partial charge in [0.05, 0.1) is 61.4 Å². The van der Waals surface area contributed by atoms with Crippen LogP contribution in [0.5, 0.6) is 0 Å². The summed E-state index contributed by atoms with van der Waals surface area (Å²) < 4.78 is 70.5. The summed E-state index contributed by atoms with van der Waals surface area (Å²) in [5.41, 5.74) is 0. The second-order valence-electron chi connectivity index (χ2n) is 28.6. The van der Waals surface area contributed by atoms with E-state index in [0.29, 0.717) is 64.2 Å². The molecule has 5 heterocycles. The summed E-state index contributed by atoms with van der Waals surface area (Å²) in [6, 6.07) is 0. The minimum atomic E-state index is -2.10. The van der Waals surface area contributed by atoms with E-state index in [-0.39, 0.29) is 62.9 Å². The quantitative estimate of drug-likeness (QED) is 0.0208. The van der Waals surface area contributed by atoms with Crippen LogP contribution in [0, 0.1) is 29.6 Å². The minimum Gasteiger partial charge on any atom is -0.460 e. The monoisotopic (exact) mass is 1420 g/mol. The maximum absolute atomic E-state index is 13.6. The van der Waals surface area contributed by atoms with E-state index in [4.69, 9.17) is 56.8 Å². The van der Waals surface area contributed by atoms with Gasteiger partial charge in [0.25, 0.3) is 0 Å². The van der Waals surface area contributed by atoms with E-state index in [1.54, 1.807) is 12.2 Å². The smallest absolute Gasteiger partial charge is 0.330 e. The van der Waals surface area contributed by atoms with E-state index < -0.39 is 246 Å². The summed E-state index contributed by atoms with van der Waals surface area (Å²) >= 11 is 0. The van der Waals surface area contributed by atoms with E-state index in [1.807, 2.05) is 0 Å². The summed E-state index contributed by atoms with van der Waals surface area (Å²) in [6.45, 7) is -2.73.